The van der Waals surface area contributed by atoms with Crippen molar-refractivity contribution in [2.45, 2.75) is 25.6 Å². The minimum Gasteiger partial charge on any atom is -0.368 e. The van der Waals surface area contributed by atoms with E-state index in [1.807, 2.05) is 25.1 Å². The summed E-state index contributed by atoms with van der Waals surface area (Å²) in [6, 6.07) is 14.2. The first kappa shape index (κ1) is 17.7. The Labute approximate surface area is 155 Å². The molecule has 132 valence electrons. The van der Waals surface area contributed by atoms with Crippen molar-refractivity contribution >= 4 is 33.3 Å². The van der Waals surface area contributed by atoms with Gasteiger partial charge in [-0.15, -0.1) is 0 Å². The van der Waals surface area contributed by atoms with Gasteiger partial charge in [-0.3, -0.25) is 0 Å². The van der Waals surface area contributed by atoms with Crippen LogP contribution in [-0.2, 0) is 0 Å². The van der Waals surface area contributed by atoms with Gasteiger partial charge in [-0.25, -0.2) is 15.6 Å². The van der Waals surface area contributed by atoms with E-state index in [4.69, 9.17) is 0 Å². The first-order valence-electron chi connectivity index (χ1n) is 8.17. The predicted molar refractivity (Wildman–Crippen MR) is 104 cm³/mol. The second-order valence-electron chi connectivity index (χ2n) is 6.06. The number of carbonyl (C=O) groups is 1. The van der Waals surface area contributed by atoms with Crippen molar-refractivity contribution in [2.24, 2.45) is 0 Å². The van der Waals surface area contributed by atoms with Crippen LogP contribution in [0.3, 0.4) is 0 Å². The van der Waals surface area contributed by atoms with Gasteiger partial charge in [0.1, 0.15) is 0 Å². The minimum atomic E-state index is -0.223. The summed E-state index contributed by atoms with van der Waals surface area (Å²) in [7, 11) is 1.60. The number of rotatable bonds is 4. The van der Waals surface area contributed by atoms with Crippen molar-refractivity contribution in [2.75, 3.05) is 17.7 Å². The number of benzene rings is 2. The van der Waals surface area contributed by atoms with E-state index in [1.54, 1.807) is 7.05 Å². The largest absolute Gasteiger partial charge is 0.368 e. The van der Waals surface area contributed by atoms with Gasteiger partial charge in [0.2, 0.25) is 0 Å². The third kappa shape index (κ3) is 4.50. The number of hydrogen-bond donors (Lipinski definition) is 5. The highest BCUT2D eigenvalue weighted by Gasteiger charge is 2.25. The first-order valence-corrected chi connectivity index (χ1v) is 8.97. The van der Waals surface area contributed by atoms with E-state index < -0.39 is 0 Å². The van der Waals surface area contributed by atoms with E-state index >= 15 is 0 Å². The number of amides is 2. The molecule has 0 aromatic heterocycles. The van der Waals surface area contributed by atoms with Gasteiger partial charge in [0.15, 0.2) is 0 Å². The first-order chi connectivity index (χ1) is 12.0. The maximum absolute atomic E-state index is 11.4. The van der Waals surface area contributed by atoms with Gasteiger partial charge < -0.3 is 16.0 Å². The van der Waals surface area contributed by atoms with E-state index in [1.165, 1.54) is 5.56 Å². The molecule has 0 saturated carbocycles. The molecule has 1 aliphatic rings. The second kappa shape index (κ2) is 7.86. The number of urea groups is 1. The summed E-state index contributed by atoms with van der Waals surface area (Å²) in [5.41, 5.74) is 10.8. The summed E-state index contributed by atoms with van der Waals surface area (Å²) in [5.74, 6) is 0. The number of hydrazine groups is 1. The smallest absolute Gasteiger partial charge is 0.318 e. The monoisotopic (exact) mass is 403 g/mol. The highest BCUT2D eigenvalue weighted by Crippen LogP contribution is 2.26. The third-order valence-corrected chi connectivity index (χ3v) is 4.75. The summed E-state index contributed by atoms with van der Waals surface area (Å²) in [6.07, 6.45) is 1.06. The Morgan fingerprint density at radius 3 is 2.60 bits per heavy atom. The fourth-order valence-electron chi connectivity index (χ4n) is 2.85. The maximum atomic E-state index is 11.4. The molecule has 1 fully saturated rings. The van der Waals surface area contributed by atoms with E-state index in [0.717, 1.165) is 27.8 Å². The van der Waals surface area contributed by atoms with Gasteiger partial charge in [-0.1, -0.05) is 28.1 Å². The van der Waals surface area contributed by atoms with E-state index in [2.05, 4.69) is 67.0 Å². The Morgan fingerprint density at radius 2 is 1.92 bits per heavy atom. The van der Waals surface area contributed by atoms with Crippen LogP contribution >= 0.6 is 15.9 Å². The van der Waals surface area contributed by atoms with Gasteiger partial charge in [-0.05, 0) is 48.4 Å². The molecule has 2 amide bonds. The van der Waals surface area contributed by atoms with Crippen LogP contribution in [0.5, 0.6) is 0 Å². The number of nitrogens with one attached hydrogen (secondary N) is 5. The number of hydrogen-bond acceptors (Lipinski definition) is 4. The lowest BCUT2D eigenvalue weighted by Crippen LogP contribution is -2.36. The van der Waals surface area contributed by atoms with Gasteiger partial charge in [0.25, 0.3) is 0 Å². The van der Waals surface area contributed by atoms with Crippen LogP contribution in [0.2, 0.25) is 0 Å². The molecular weight excluding hydrogens is 382 g/mol. The van der Waals surface area contributed by atoms with Crippen LogP contribution in [0.4, 0.5) is 16.2 Å². The number of aryl methyl sites for hydroxylation is 1. The van der Waals surface area contributed by atoms with Crippen molar-refractivity contribution in [3.8, 4) is 0 Å². The molecule has 6 nitrogen and oxygen atoms in total. The number of anilines is 2. The average Bonchev–Trinajstić information content (AvgIpc) is 3.06. The normalized spacial score (nSPS) is 19.5. The van der Waals surface area contributed by atoms with Crippen LogP contribution in [0.25, 0.3) is 0 Å². The standard InChI is InChI=1S/C18H22BrN5O/c1-11-9-14(21-18(25)20-2)7-8-15(11)22-17-10-16(23-24-17)12-3-5-13(19)6-4-12/h3-9,16-17,22-24H,10H2,1-2H3,(H2,20,21,25). The zero-order valence-electron chi connectivity index (χ0n) is 14.2. The van der Waals surface area contributed by atoms with Gasteiger partial charge in [0, 0.05) is 35.4 Å². The Hall–Kier alpha value is -2.09. The maximum Gasteiger partial charge on any atom is 0.318 e. The summed E-state index contributed by atoms with van der Waals surface area (Å²) in [4.78, 5) is 11.4. The zero-order chi connectivity index (χ0) is 17.8. The Morgan fingerprint density at radius 1 is 1.16 bits per heavy atom. The fourth-order valence-corrected chi connectivity index (χ4v) is 3.11. The summed E-state index contributed by atoms with van der Waals surface area (Å²) in [5, 5.41) is 8.82. The average molecular weight is 404 g/mol. The van der Waals surface area contributed by atoms with E-state index in [0.29, 0.717) is 0 Å². The van der Waals surface area contributed by atoms with Gasteiger partial charge in [0.05, 0.1) is 6.17 Å². The molecule has 1 saturated heterocycles. The molecule has 0 radical (unpaired) electrons. The fraction of sp³-hybridized carbons (Fsp3) is 0.278. The molecule has 0 aliphatic carbocycles. The van der Waals surface area contributed by atoms with Gasteiger partial charge >= 0.3 is 6.03 Å². The Kier molecular flexibility index (Phi) is 5.57. The molecule has 25 heavy (non-hydrogen) atoms. The van der Waals surface area contributed by atoms with Crippen LogP contribution in [0.15, 0.2) is 46.9 Å². The SMILES string of the molecule is CNC(=O)Nc1ccc(NC2CC(c3ccc(Br)cc3)NN2)c(C)c1. The lowest BCUT2D eigenvalue weighted by atomic mass is 10.0. The molecule has 7 heteroatoms. The van der Waals surface area contributed by atoms with Crippen molar-refractivity contribution < 1.29 is 4.79 Å². The summed E-state index contributed by atoms with van der Waals surface area (Å²) in [6.45, 7) is 2.02. The van der Waals surface area contributed by atoms with Crippen molar-refractivity contribution in [3.05, 3.63) is 58.1 Å². The molecule has 3 rings (SSSR count). The third-order valence-electron chi connectivity index (χ3n) is 4.22. The zero-order valence-corrected chi connectivity index (χ0v) is 15.8. The molecule has 2 atom stereocenters. The van der Waals surface area contributed by atoms with E-state index in [-0.39, 0.29) is 18.2 Å². The van der Waals surface area contributed by atoms with Gasteiger partial charge in [-0.2, -0.15) is 0 Å². The molecule has 0 spiro atoms. The Bertz CT molecular complexity index is 750. The van der Waals surface area contributed by atoms with Crippen LogP contribution < -0.4 is 26.8 Å². The number of carbonyl (C=O) groups excluding carboxylic acids is 1. The molecule has 5 N–H and O–H groups in total. The molecular formula is C18H22BrN5O. The van der Waals surface area contributed by atoms with Crippen molar-refractivity contribution in [1.29, 1.82) is 0 Å². The highest BCUT2D eigenvalue weighted by atomic mass is 79.9. The molecule has 0 bridgehead atoms. The van der Waals surface area contributed by atoms with Crippen molar-refractivity contribution in [3.63, 3.8) is 0 Å². The molecule has 2 aromatic rings. The Balaban J connectivity index is 1.61. The molecule has 1 aliphatic heterocycles. The predicted octanol–water partition coefficient (Wildman–Crippen LogP) is 3.49. The van der Waals surface area contributed by atoms with Crippen LogP contribution in [0.1, 0.15) is 23.6 Å². The minimum absolute atomic E-state index is 0.130. The van der Waals surface area contributed by atoms with Crippen molar-refractivity contribution in [1.82, 2.24) is 16.2 Å². The highest BCUT2D eigenvalue weighted by molar-refractivity contribution is 9.10. The van der Waals surface area contributed by atoms with E-state index in [9.17, 15) is 4.79 Å². The lowest BCUT2D eigenvalue weighted by molar-refractivity contribution is 0.254. The lowest BCUT2D eigenvalue weighted by Gasteiger charge is -2.17. The molecule has 2 aromatic carbocycles. The van der Waals surface area contributed by atoms with Crippen LogP contribution in [0, 0.1) is 6.92 Å². The summed E-state index contributed by atoms with van der Waals surface area (Å²) < 4.78 is 1.08. The quantitative estimate of drug-likeness (QED) is 0.541. The van der Waals surface area contributed by atoms with Crippen LogP contribution in [-0.4, -0.2) is 19.2 Å². The summed E-state index contributed by atoms with van der Waals surface area (Å²) >= 11 is 3.46. The molecule has 2 unspecified atom stereocenters. The topological polar surface area (TPSA) is 77.2 Å². The molecule has 1 heterocycles. The second-order valence-corrected chi connectivity index (χ2v) is 6.97. The number of halogens is 1.